The molecular weight excluding hydrogens is 299 g/mol. The van der Waals surface area contributed by atoms with Crippen molar-refractivity contribution in [3.8, 4) is 11.5 Å². The highest BCUT2D eigenvalue weighted by atomic mass is 79.9. The first kappa shape index (κ1) is 13.5. The van der Waals surface area contributed by atoms with E-state index >= 15 is 0 Å². The van der Waals surface area contributed by atoms with Gasteiger partial charge in [-0.25, -0.2) is 4.57 Å². The average Bonchev–Trinajstić information content (AvgIpc) is 2.31. The van der Waals surface area contributed by atoms with Crippen molar-refractivity contribution >= 4 is 23.8 Å². The molecule has 0 saturated heterocycles. The summed E-state index contributed by atoms with van der Waals surface area (Å²) in [5.74, 6) is 1.01. The number of phosphoric ester groups is 1. The van der Waals surface area contributed by atoms with Gasteiger partial charge < -0.3 is 9.26 Å². The normalized spacial score (nSPS) is 11.2. The van der Waals surface area contributed by atoms with Crippen LogP contribution in [-0.2, 0) is 13.6 Å². The van der Waals surface area contributed by atoms with E-state index in [-0.39, 0.29) is 0 Å². The summed E-state index contributed by atoms with van der Waals surface area (Å²) in [6.45, 7) is 0. The Hall–Kier alpha value is -0.550. The van der Waals surface area contributed by atoms with E-state index in [1.165, 1.54) is 14.2 Å². The Morgan fingerprint density at radius 1 is 1.19 bits per heavy atom. The van der Waals surface area contributed by atoms with Crippen LogP contribution in [-0.4, -0.2) is 21.3 Å². The summed E-state index contributed by atoms with van der Waals surface area (Å²) in [5, 5.41) is 0. The first-order chi connectivity index (χ1) is 7.54. The second kappa shape index (κ2) is 5.68. The van der Waals surface area contributed by atoms with Crippen LogP contribution in [0.3, 0.4) is 0 Å². The quantitative estimate of drug-likeness (QED) is 0.781. The molecule has 0 aliphatic rings. The zero-order chi connectivity index (χ0) is 12.2. The molecule has 1 rings (SSSR count). The van der Waals surface area contributed by atoms with Gasteiger partial charge in [-0.15, -0.1) is 0 Å². The topological polar surface area (TPSA) is 54.0 Å². The summed E-state index contributed by atoms with van der Waals surface area (Å²) in [6.07, 6.45) is 0. The monoisotopic (exact) mass is 310 g/mol. The van der Waals surface area contributed by atoms with Gasteiger partial charge >= 0.3 is 7.82 Å². The van der Waals surface area contributed by atoms with E-state index in [1.807, 2.05) is 0 Å². The molecule has 0 aliphatic heterocycles. The van der Waals surface area contributed by atoms with Gasteiger partial charge in [-0.2, -0.15) is 0 Å². The molecular formula is C9H12BrO5P. The third-order valence-electron chi connectivity index (χ3n) is 1.80. The molecule has 0 saturated carbocycles. The van der Waals surface area contributed by atoms with Crippen LogP contribution in [0.1, 0.15) is 0 Å². The molecule has 0 atom stereocenters. The number of hydrogen-bond acceptors (Lipinski definition) is 5. The van der Waals surface area contributed by atoms with E-state index in [4.69, 9.17) is 9.26 Å². The maximum absolute atomic E-state index is 11.7. The van der Waals surface area contributed by atoms with Crippen molar-refractivity contribution < 1.29 is 22.9 Å². The van der Waals surface area contributed by atoms with Gasteiger partial charge in [-0.1, -0.05) is 0 Å². The molecule has 0 heterocycles. The second-order valence-electron chi connectivity index (χ2n) is 2.70. The van der Waals surface area contributed by atoms with Crippen LogP contribution in [0.4, 0.5) is 0 Å². The van der Waals surface area contributed by atoms with Gasteiger partial charge in [-0.3, -0.25) is 9.05 Å². The van der Waals surface area contributed by atoms with Gasteiger partial charge in [0.15, 0.2) is 0 Å². The first-order valence-corrected chi connectivity index (χ1v) is 6.54. The molecule has 7 heteroatoms. The third kappa shape index (κ3) is 3.22. The fourth-order valence-corrected chi connectivity index (χ4v) is 2.21. The van der Waals surface area contributed by atoms with E-state index < -0.39 is 7.82 Å². The van der Waals surface area contributed by atoms with Gasteiger partial charge in [-0.05, 0) is 34.1 Å². The van der Waals surface area contributed by atoms with Crippen molar-refractivity contribution in [3.63, 3.8) is 0 Å². The summed E-state index contributed by atoms with van der Waals surface area (Å²) in [4.78, 5) is 0. The number of methoxy groups -OCH3 is 1. The lowest BCUT2D eigenvalue weighted by Crippen LogP contribution is -1.97. The SMILES string of the molecule is COc1ccc(OP(=O)(OC)OC)c(Br)c1. The largest absolute Gasteiger partial charge is 0.529 e. The molecule has 0 radical (unpaired) electrons. The molecule has 1 aromatic carbocycles. The maximum Gasteiger partial charge on any atom is 0.529 e. The predicted octanol–water partition coefficient (Wildman–Crippen LogP) is 3.24. The van der Waals surface area contributed by atoms with Crippen LogP contribution >= 0.6 is 23.8 Å². The molecule has 0 bridgehead atoms. The van der Waals surface area contributed by atoms with E-state index in [0.717, 1.165) is 0 Å². The van der Waals surface area contributed by atoms with Crippen LogP contribution in [0.15, 0.2) is 22.7 Å². The number of ether oxygens (including phenoxy) is 1. The first-order valence-electron chi connectivity index (χ1n) is 4.29. The van der Waals surface area contributed by atoms with Gasteiger partial charge in [0.05, 0.1) is 11.6 Å². The zero-order valence-electron chi connectivity index (χ0n) is 9.10. The third-order valence-corrected chi connectivity index (χ3v) is 3.73. The Kier molecular flexibility index (Phi) is 4.80. The van der Waals surface area contributed by atoms with Crippen LogP contribution < -0.4 is 9.26 Å². The standard InChI is InChI=1S/C9H12BrO5P/c1-12-7-4-5-9(8(10)6-7)15-16(11,13-2)14-3/h4-6H,1-3H3. The van der Waals surface area contributed by atoms with Gasteiger partial charge in [0.25, 0.3) is 0 Å². The summed E-state index contributed by atoms with van der Waals surface area (Å²) in [7, 11) is 0.532. The Bertz CT molecular complexity index is 401. The Labute approximate surface area is 102 Å². The molecule has 0 aliphatic carbocycles. The molecule has 90 valence electrons. The van der Waals surface area contributed by atoms with Gasteiger partial charge in [0.2, 0.25) is 0 Å². The number of rotatable bonds is 5. The van der Waals surface area contributed by atoms with E-state index in [0.29, 0.717) is 16.0 Å². The lowest BCUT2D eigenvalue weighted by Gasteiger charge is -2.15. The number of hydrogen-bond donors (Lipinski definition) is 0. The molecule has 1 aromatic rings. The zero-order valence-corrected chi connectivity index (χ0v) is 11.6. The molecule has 5 nitrogen and oxygen atoms in total. The van der Waals surface area contributed by atoms with Crippen molar-refractivity contribution in [2.75, 3.05) is 21.3 Å². The van der Waals surface area contributed by atoms with E-state index in [2.05, 4.69) is 25.0 Å². The highest BCUT2D eigenvalue weighted by Gasteiger charge is 2.25. The number of benzene rings is 1. The number of phosphoric acid groups is 1. The summed E-state index contributed by atoms with van der Waals surface area (Å²) >= 11 is 3.26. The van der Waals surface area contributed by atoms with Crippen molar-refractivity contribution in [1.82, 2.24) is 0 Å². The lowest BCUT2D eigenvalue weighted by atomic mass is 10.3. The van der Waals surface area contributed by atoms with Gasteiger partial charge in [0, 0.05) is 14.2 Å². The van der Waals surface area contributed by atoms with Crippen LogP contribution in [0.5, 0.6) is 11.5 Å². The Morgan fingerprint density at radius 3 is 2.25 bits per heavy atom. The van der Waals surface area contributed by atoms with Crippen molar-refractivity contribution in [2.45, 2.75) is 0 Å². The molecule has 0 N–H and O–H groups in total. The summed E-state index contributed by atoms with van der Waals surface area (Å²) in [6, 6.07) is 4.97. The highest BCUT2D eigenvalue weighted by Crippen LogP contribution is 2.49. The summed E-state index contributed by atoms with van der Waals surface area (Å²) < 4.78 is 31.8. The minimum absolute atomic E-state index is 0.354. The molecule has 0 spiro atoms. The van der Waals surface area contributed by atoms with Crippen LogP contribution in [0.25, 0.3) is 0 Å². The fraction of sp³-hybridized carbons (Fsp3) is 0.333. The minimum atomic E-state index is -3.52. The van der Waals surface area contributed by atoms with E-state index in [1.54, 1.807) is 25.3 Å². The van der Waals surface area contributed by atoms with Crippen LogP contribution in [0, 0.1) is 0 Å². The minimum Gasteiger partial charge on any atom is -0.497 e. The Morgan fingerprint density at radius 2 is 1.81 bits per heavy atom. The van der Waals surface area contributed by atoms with Gasteiger partial charge in [0.1, 0.15) is 11.5 Å². The Balaban J connectivity index is 2.94. The van der Waals surface area contributed by atoms with E-state index in [9.17, 15) is 4.57 Å². The summed E-state index contributed by atoms with van der Waals surface area (Å²) in [5.41, 5.74) is 0. The molecule has 0 aromatic heterocycles. The lowest BCUT2D eigenvalue weighted by molar-refractivity contribution is 0.210. The average molecular weight is 311 g/mol. The second-order valence-corrected chi connectivity index (χ2v) is 5.36. The molecule has 0 amide bonds. The van der Waals surface area contributed by atoms with Crippen molar-refractivity contribution in [3.05, 3.63) is 22.7 Å². The van der Waals surface area contributed by atoms with Crippen molar-refractivity contribution in [1.29, 1.82) is 0 Å². The molecule has 0 fully saturated rings. The molecule has 0 unspecified atom stereocenters. The predicted molar refractivity (Wildman–Crippen MR) is 62.9 cm³/mol. The smallest absolute Gasteiger partial charge is 0.497 e. The van der Waals surface area contributed by atoms with Crippen LogP contribution in [0.2, 0.25) is 0 Å². The molecule has 16 heavy (non-hydrogen) atoms. The fourth-order valence-electron chi connectivity index (χ4n) is 0.952. The number of halogens is 1. The maximum atomic E-state index is 11.7. The van der Waals surface area contributed by atoms with Crippen molar-refractivity contribution in [2.24, 2.45) is 0 Å². The highest BCUT2D eigenvalue weighted by molar-refractivity contribution is 9.10.